The van der Waals surface area contributed by atoms with Gasteiger partial charge in [0.25, 0.3) is 0 Å². The summed E-state index contributed by atoms with van der Waals surface area (Å²) >= 11 is 0. The number of hydrogen-bond donors (Lipinski definition) is 6. The first-order valence-electron chi connectivity index (χ1n) is 4.83. The molecule has 0 aromatic rings. The topological polar surface area (TPSA) is 146 Å². The Morgan fingerprint density at radius 2 is 1.94 bits per heavy atom. The molecule has 96 valence electrons. The Morgan fingerprint density at radius 3 is 2.44 bits per heavy atom. The number of aliphatic hydroxyl groups excluding tert-OH is 5. The van der Waals surface area contributed by atoms with E-state index < -0.39 is 50.1 Å². The van der Waals surface area contributed by atoms with Crippen molar-refractivity contribution in [2.45, 2.75) is 36.9 Å². The van der Waals surface area contributed by atoms with Crippen molar-refractivity contribution in [3.05, 3.63) is 0 Å². The van der Waals surface area contributed by atoms with Crippen LogP contribution in [0, 0.1) is 0 Å². The number of hydrogen-bond acceptors (Lipinski definition) is 8. The molecule has 1 aliphatic rings. The van der Waals surface area contributed by atoms with Gasteiger partial charge >= 0.3 is 0 Å². The molecule has 1 saturated heterocycles. The zero-order chi connectivity index (χ0) is 12.3. The van der Waals surface area contributed by atoms with E-state index in [4.69, 9.17) is 30.5 Å². The highest BCUT2D eigenvalue weighted by Gasteiger charge is 2.44. The van der Waals surface area contributed by atoms with Crippen molar-refractivity contribution in [2.24, 2.45) is 5.73 Å². The van der Waals surface area contributed by atoms with Crippen LogP contribution in [0.1, 0.15) is 0 Å². The Balaban J connectivity index is 2.69. The van der Waals surface area contributed by atoms with Crippen LogP contribution in [0.3, 0.4) is 0 Å². The summed E-state index contributed by atoms with van der Waals surface area (Å²) < 4.78 is 9.73. The van der Waals surface area contributed by atoms with E-state index in [1.54, 1.807) is 0 Å². The van der Waals surface area contributed by atoms with E-state index in [-0.39, 0.29) is 0 Å². The molecule has 7 N–H and O–H groups in total. The van der Waals surface area contributed by atoms with E-state index >= 15 is 0 Å². The molecule has 0 saturated carbocycles. The third-order valence-corrected chi connectivity index (χ3v) is 2.39. The summed E-state index contributed by atoms with van der Waals surface area (Å²) in [5, 5.41) is 45.5. The summed E-state index contributed by atoms with van der Waals surface area (Å²) in [5.41, 5.74) is 5.42. The average Bonchev–Trinajstić information content (AvgIpc) is 2.29. The van der Waals surface area contributed by atoms with Gasteiger partial charge in [0.05, 0.1) is 19.3 Å². The fourth-order valence-corrected chi connectivity index (χ4v) is 1.49. The maximum absolute atomic E-state index is 9.66. The molecule has 6 atom stereocenters. The van der Waals surface area contributed by atoms with Gasteiger partial charge in [-0.1, -0.05) is 0 Å². The lowest BCUT2D eigenvalue weighted by Crippen LogP contribution is -2.63. The van der Waals surface area contributed by atoms with Crippen molar-refractivity contribution in [2.75, 3.05) is 13.2 Å². The molecule has 8 heteroatoms. The highest BCUT2D eigenvalue weighted by molar-refractivity contribution is 4.92. The fourth-order valence-electron chi connectivity index (χ4n) is 1.49. The summed E-state index contributed by atoms with van der Waals surface area (Å²) in [7, 11) is 0. The molecule has 0 spiro atoms. The van der Waals surface area contributed by atoms with Crippen LogP contribution < -0.4 is 5.73 Å². The summed E-state index contributed by atoms with van der Waals surface area (Å²) in [6.45, 7) is -1.19. The first-order chi connectivity index (χ1) is 7.51. The molecule has 1 fully saturated rings. The van der Waals surface area contributed by atoms with E-state index in [9.17, 15) is 10.2 Å². The van der Waals surface area contributed by atoms with E-state index in [1.165, 1.54) is 0 Å². The van der Waals surface area contributed by atoms with Gasteiger partial charge < -0.3 is 40.7 Å². The summed E-state index contributed by atoms with van der Waals surface area (Å²) in [6.07, 6.45) is -6.39. The first kappa shape index (κ1) is 13.7. The van der Waals surface area contributed by atoms with Crippen molar-refractivity contribution < 1.29 is 35.0 Å². The van der Waals surface area contributed by atoms with Crippen LogP contribution in [0.15, 0.2) is 0 Å². The van der Waals surface area contributed by atoms with Gasteiger partial charge in [-0.3, -0.25) is 0 Å². The van der Waals surface area contributed by atoms with Crippen LogP contribution in [-0.2, 0) is 9.47 Å². The minimum absolute atomic E-state index is 0.524. The van der Waals surface area contributed by atoms with Gasteiger partial charge in [0.1, 0.15) is 18.3 Å². The monoisotopic (exact) mass is 239 g/mol. The van der Waals surface area contributed by atoms with Crippen LogP contribution in [-0.4, -0.2) is 75.7 Å². The lowest BCUT2D eigenvalue weighted by molar-refractivity contribution is -0.288. The van der Waals surface area contributed by atoms with Crippen LogP contribution >= 0.6 is 0 Å². The molecule has 8 nitrogen and oxygen atoms in total. The second kappa shape index (κ2) is 5.84. The summed E-state index contributed by atoms with van der Waals surface area (Å²) in [6, 6.07) is -1.11. The molecule has 0 radical (unpaired) electrons. The second-order valence-electron chi connectivity index (χ2n) is 3.55. The number of rotatable bonds is 4. The molecule has 1 aliphatic heterocycles. The zero-order valence-corrected chi connectivity index (χ0v) is 8.51. The van der Waals surface area contributed by atoms with Crippen LogP contribution in [0.4, 0.5) is 0 Å². The summed E-state index contributed by atoms with van der Waals surface area (Å²) in [4.78, 5) is 0. The average molecular weight is 239 g/mol. The Bertz CT molecular complexity index is 215. The van der Waals surface area contributed by atoms with Crippen molar-refractivity contribution in [3.8, 4) is 0 Å². The van der Waals surface area contributed by atoms with Gasteiger partial charge in [0, 0.05) is 0 Å². The molecular formula is C8H17NO7. The Morgan fingerprint density at radius 1 is 1.31 bits per heavy atom. The molecule has 1 heterocycles. The second-order valence-corrected chi connectivity index (χ2v) is 3.55. The summed E-state index contributed by atoms with van der Waals surface area (Å²) in [5.74, 6) is 0. The van der Waals surface area contributed by atoms with Crippen LogP contribution in [0.2, 0.25) is 0 Å². The molecule has 16 heavy (non-hydrogen) atoms. The van der Waals surface area contributed by atoms with Crippen molar-refractivity contribution in [1.29, 1.82) is 0 Å². The Labute approximate surface area is 91.8 Å². The van der Waals surface area contributed by atoms with E-state index in [1.807, 2.05) is 0 Å². The molecule has 0 aromatic carbocycles. The predicted molar refractivity (Wildman–Crippen MR) is 49.9 cm³/mol. The van der Waals surface area contributed by atoms with Crippen LogP contribution in [0.5, 0.6) is 0 Å². The van der Waals surface area contributed by atoms with E-state index in [0.29, 0.717) is 0 Å². The number of ether oxygens (including phenoxy) is 2. The molecule has 0 aromatic heterocycles. The van der Waals surface area contributed by atoms with Crippen molar-refractivity contribution in [3.63, 3.8) is 0 Å². The smallest absolute Gasteiger partial charge is 0.178 e. The van der Waals surface area contributed by atoms with Gasteiger partial charge in [0.15, 0.2) is 12.6 Å². The molecule has 1 rings (SSSR count). The molecule has 0 aliphatic carbocycles. The van der Waals surface area contributed by atoms with Gasteiger partial charge in [-0.25, -0.2) is 0 Å². The number of aliphatic hydroxyl groups is 5. The Kier molecular flexibility index (Phi) is 5.02. The van der Waals surface area contributed by atoms with Gasteiger partial charge in [-0.05, 0) is 0 Å². The van der Waals surface area contributed by atoms with Gasteiger partial charge in [-0.15, -0.1) is 0 Å². The zero-order valence-electron chi connectivity index (χ0n) is 8.51. The Hall–Kier alpha value is -0.320. The third-order valence-electron chi connectivity index (χ3n) is 2.39. The minimum Gasteiger partial charge on any atom is -0.394 e. The molecule has 3 unspecified atom stereocenters. The standard InChI is InChI=1S/C8H17NO7/c9-5-6(13)7(16-4(12)2-11)3(1-10)15-8(5)14/h3-8,10-14H,1-2,9H2/t3?,4-,5?,6?,7-,8+/m1/s1. The first-order valence-corrected chi connectivity index (χ1v) is 4.83. The van der Waals surface area contributed by atoms with Gasteiger partial charge in [-0.2, -0.15) is 0 Å². The largest absolute Gasteiger partial charge is 0.394 e. The van der Waals surface area contributed by atoms with E-state index in [2.05, 4.69) is 0 Å². The minimum atomic E-state index is -1.51. The lowest BCUT2D eigenvalue weighted by atomic mass is 9.97. The molecule has 0 amide bonds. The van der Waals surface area contributed by atoms with Gasteiger partial charge in [0.2, 0.25) is 0 Å². The normalized spacial score (nSPS) is 42.0. The fraction of sp³-hybridized carbons (Fsp3) is 1.00. The van der Waals surface area contributed by atoms with Crippen molar-refractivity contribution in [1.82, 2.24) is 0 Å². The highest BCUT2D eigenvalue weighted by atomic mass is 16.7. The number of nitrogens with two attached hydrogens (primary N) is 1. The molecular weight excluding hydrogens is 222 g/mol. The molecule has 0 bridgehead atoms. The highest BCUT2D eigenvalue weighted by Crippen LogP contribution is 2.21. The van der Waals surface area contributed by atoms with Crippen molar-refractivity contribution >= 4 is 0 Å². The third kappa shape index (κ3) is 2.87. The maximum Gasteiger partial charge on any atom is 0.178 e. The predicted octanol–water partition coefficient (Wildman–Crippen LogP) is -3.92. The van der Waals surface area contributed by atoms with Crippen LogP contribution in [0.25, 0.3) is 0 Å². The SMILES string of the molecule is NC1C(O)[C@H](O[C@@H](O)CO)C(CO)O[C@@H]1O. The lowest BCUT2D eigenvalue weighted by Gasteiger charge is -2.41. The van der Waals surface area contributed by atoms with E-state index in [0.717, 1.165) is 0 Å². The quantitative estimate of drug-likeness (QED) is 0.273. The maximum atomic E-state index is 9.66.